The molecule has 0 saturated carbocycles. The van der Waals surface area contributed by atoms with E-state index in [9.17, 15) is 13.2 Å². The summed E-state index contributed by atoms with van der Waals surface area (Å²) in [5.74, 6) is -2.15. The van der Waals surface area contributed by atoms with Gasteiger partial charge in [0, 0.05) is 6.07 Å². The summed E-state index contributed by atoms with van der Waals surface area (Å²) in [6.07, 6.45) is 0. The molecular weight excluding hydrogens is 260 g/mol. The van der Waals surface area contributed by atoms with Gasteiger partial charge in [-0.05, 0) is 12.1 Å². The molecule has 1 aromatic rings. The van der Waals surface area contributed by atoms with Crippen LogP contribution in [-0.4, -0.2) is 31.9 Å². The van der Waals surface area contributed by atoms with Crippen LogP contribution in [0, 0.1) is 11.3 Å². The fourth-order valence-corrected chi connectivity index (χ4v) is 2.03. The summed E-state index contributed by atoms with van der Waals surface area (Å²) in [6.45, 7) is -0.161. The molecule has 0 heterocycles. The van der Waals surface area contributed by atoms with Gasteiger partial charge in [0.2, 0.25) is 10.0 Å². The predicted molar refractivity (Wildman–Crippen MR) is 62.6 cm³/mol. The Hall–Kier alpha value is -2.27. The van der Waals surface area contributed by atoms with Crippen molar-refractivity contribution in [2.45, 2.75) is 0 Å². The Morgan fingerprint density at radius 3 is 2.83 bits per heavy atom. The van der Waals surface area contributed by atoms with E-state index >= 15 is 0 Å². The van der Waals surface area contributed by atoms with Crippen LogP contribution in [0.3, 0.4) is 0 Å². The number of carbonyl (C=O) groups is 1. The molecule has 0 aliphatic carbocycles. The Kier molecular flexibility index (Phi) is 4.51. The molecule has 0 amide bonds. The minimum absolute atomic E-state index is 0.161. The maximum Gasteiger partial charge on any atom is 0.320 e. The molecule has 2 N–H and O–H groups in total. The largest absolute Gasteiger partial charge is 0.480 e. The van der Waals surface area contributed by atoms with Crippen molar-refractivity contribution in [1.29, 1.82) is 5.26 Å². The topological polar surface area (TPSA) is 116 Å². The van der Waals surface area contributed by atoms with Gasteiger partial charge in [0.1, 0.15) is 11.8 Å². The van der Waals surface area contributed by atoms with E-state index in [1.165, 1.54) is 18.2 Å². The highest BCUT2D eigenvalue weighted by atomic mass is 32.2. The van der Waals surface area contributed by atoms with Crippen LogP contribution >= 0.6 is 0 Å². The Morgan fingerprint density at radius 1 is 1.50 bits per heavy atom. The number of sulfonamides is 1. The summed E-state index contributed by atoms with van der Waals surface area (Å²) in [5, 5.41) is 16.7. The van der Waals surface area contributed by atoms with Crippen molar-refractivity contribution in [2.24, 2.45) is 0 Å². The Labute approximate surface area is 104 Å². The molecule has 8 heteroatoms. The fraction of sp³-hybridized carbons (Fsp3) is 0.200. The van der Waals surface area contributed by atoms with E-state index in [2.05, 4.69) is 4.72 Å². The number of nitrogens with zero attached hydrogens (tertiary/aromatic N) is 1. The van der Waals surface area contributed by atoms with Crippen molar-refractivity contribution in [3.05, 3.63) is 24.3 Å². The second kappa shape index (κ2) is 5.88. The van der Waals surface area contributed by atoms with E-state index in [0.29, 0.717) is 5.75 Å². The molecule has 0 aliphatic rings. The molecule has 0 radical (unpaired) electrons. The highest BCUT2D eigenvalue weighted by Gasteiger charge is 2.15. The quantitative estimate of drug-likeness (QED) is 0.773. The first-order chi connectivity index (χ1) is 8.43. The second-order valence-corrected chi connectivity index (χ2v) is 4.95. The molecule has 0 saturated heterocycles. The SMILES string of the molecule is N#CCOc1cccc(NS(=O)(=O)CC(=O)O)c1. The summed E-state index contributed by atoms with van der Waals surface area (Å²) in [4.78, 5) is 10.3. The van der Waals surface area contributed by atoms with Gasteiger partial charge in [0.05, 0.1) is 5.69 Å². The van der Waals surface area contributed by atoms with Gasteiger partial charge in [0.15, 0.2) is 12.4 Å². The first-order valence-electron chi connectivity index (χ1n) is 4.75. The number of hydrogen-bond donors (Lipinski definition) is 2. The van der Waals surface area contributed by atoms with Crippen LogP contribution in [0.15, 0.2) is 24.3 Å². The van der Waals surface area contributed by atoms with Crippen molar-refractivity contribution in [3.8, 4) is 11.8 Å². The number of carboxylic acids is 1. The van der Waals surface area contributed by atoms with Crippen molar-refractivity contribution in [2.75, 3.05) is 17.1 Å². The van der Waals surface area contributed by atoms with Crippen molar-refractivity contribution in [1.82, 2.24) is 0 Å². The highest BCUT2D eigenvalue weighted by molar-refractivity contribution is 7.93. The molecule has 0 bridgehead atoms. The summed E-state index contributed by atoms with van der Waals surface area (Å²) in [6, 6.07) is 7.64. The van der Waals surface area contributed by atoms with Crippen molar-refractivity contribution in [3.63, 3.8) is 0 Å². The van der Waals surface area contributed by atoms with Crippen LogP contribution in [-0.2, 0) is 14.8 Å². The van der Waals surface area contributed by atoms with Crippen molar-refractivity contribution < 1.29 is 23.1 Å². The smallest absolute Gasteiger partial charge is 0.320 e. The standard InChI is InChI=1S/C10H10N2O5S/c11-4-5-17-9-3-1-2-8(6-9)12-18(15,16)7-10(13)14/h1-3,6,12H,5,7H2,(H,13,14). The molecule has 1 rings (SSSR count). The van der Waals surface area contributed by atoms with Gasteiger partial charge in [-0.25, -0.2) is 8.42 Å². The van der Waals surface area contributed by atoms with Gasteiger partial charge in [-0.15, -0.1) is 0 Å². The zero-order chi connectivity index (χ0) is 13.6. The number of hydrogen-bond acceptors (Lipinski definition) is 5. The zero-order valence-corrected chi connectivity index (χ0v) is 9.98. The van der Waals surface area contributed by atoms with Gasteiger partial charge in [-0.3, -0.25) is 9.52 Å². The summed E-state index contributed by atoms with van der Waals surface area (Å²) in [7, 11) is -3.94. The number of nitriles is 1. The lowest BCUT2D eigenvalue weighted by molar-refractivity contribution is -0.134. The average molecular weight is 270 g/mol. The highest BCUT2D eigenvalue weighted by Crippen LogP contribution is 2.18. The lowest BCUT2D eigenvalue weighted by Crippen LogP contribution is -2.22. The molecule has 7 nitrogen and oxygen atoms in total. The lowest BCUT2D eigenvalue weighted by atomic mass is 10.3. The first-order valence-corrected chi connectivity index (χ1v) is 6.40. The van der Waals surface area contributed by atoms with E-state index in [-0.39, 0.29) is 12.3 Å². The molecule has 0 unspecified atom stereocenters. The maximum absolute atomic E-state index is 11.4. The van der Waals surface area contributed by atoms with E-state index < -0.39 is 21.7 Å². The van der Waals surface area contributed by atoms with Crippen molar-refractivity contribution >= 4 is 21.7 Å². The molecule has 1 aromatic carbocycles. The predicted octanol–water partition coefficient (Wildman–Crippen LogP) is 0.415. The number of carboxylic acid groups (broad SMARTS) is 1. The molecule has 0 aliphatic heterocycles. The van der Waals surface area contributed by atoms with Gasteiger partial charge in [-0.2, -0.15) is 5.26 Å². The molecule has 0 fully saturated rings. The molecule has 0 atom stereocenters. The lowest BCUT2D eigenvalue weighted by Gasteiger charge is -2.07. The number of benzene rings is 1. The number of aliphatic carboxylic acids is 1. The first kappa shape index (κ1) is 13.8. The number of nitrogens with one attached hydrogen (secondary N) is 1. The summed E-state index contributed by atoms with van der Waals surface area (Å²) < 4.78 is 29.8. The Bertz CT molecular complexity index is 576. The number of rotatable bonds is 6. The van der Waals surface area contributed by atoms with Crippen LogP contribution in [0.5, 0.6) is 5.75 Å². The number of anilines is 1. The van der Waals surface area contributed by atoms with Crippen LogP contribution < -0.4 is 9.46 Å². The van der Waals surface area contributed by atoms with Gasteiger partial charge in [-0.1, -0.05) is 6.07 Å². The Balaban J connectivity index is 2.79. The van der Waals surface area contributed by atoms with E-state index in [4.69, 9.17) is 15.1 Å². The molecule has 0 spiro atoms. The normalized spacial score (nSPS) is 10.4. The van der Waals surface area contributed by atoms with Crippen LogP contribution in [0.25, 0.3) is 0 Å². The average Bonchev–Trinajstić information content (AvgIpc) is 2.24. The maximum atomic E-state index is 11.4. The van der Waals surface area contributed by atoms with Gasteiger partial charge in [0.25, 0.3) is 0 Å². The molecule has 0 aromatic heterocycles. The van der Waals surface area contributed by atoms with E-state index in [0.717, 1.165) is 0 Å². The van der Waals surface area contributed by atoms with Gasteiger partial charge >= 0.3 is 5.97 Å². The second-order valence-electron chi connectivity index (χ2n) is 3.23. The van der Waals surface area contributed by atoms with E-state index in [1.54, 1.807) is 12.1 Å². The van der Waals surface area contributed by atoms with Crippen LogP contribution in [0.4, 0.5) is 5.69 Å². The zero-order valence-electron chi connectivity index (χ0n) is 9.16. The third-order valence-corrected chi connectivity index (χ3v) is 2.90. The minimum Gasteiger partial charge on any atom is -0.480 e. The Morgan fingerprint density at radius 2 is 2.22 bits per heavy atom. The summed E-state index contributed by atoms with van der Waals surface area (Å²) in [5.41, 5.74) is 0.173. The number of ether oxygens (including phenoxy) is 1. The minimum atomic E-state index is -3.94. The van der Waals surface area contributed by atoms with Crippen LogP contribution in [0.1, 0.15) is 0 Å². The molecule has 96 valence electrons. The van der Waals surface area contributed by atoms with E-state index in [1.807, 2.05) is 0 Å². The third kappa shape index (κ3) is 4.71. The van der Waals surface area contributed by atoms with Crippen LogP contribution in [0.2, 0.25) is 0 Å². The monoisotopic (exact) mass is 270 g/mol. The molecular formula is C10H10N2O5S. The summed E-state index contributed by atoms with van der Waals surface area (Å²) >= 11 is 0. The fourth-order valence-electron chi connectivity index (χ4n) is 1.14. The third-order valence-electron chi connectivity index (χ3n) is 1.72. The molecule has 18 heavy (non-hydrogen) atoms. The van der Waals surface area contributed by atoms with Gasteiger partial charge < -0.3 is 9.84 Å².